The molecule has 21 heavy (non-hydrogen) atoms. The minimum absolute atomic E-state index is 0.0309. The number of aromatic nitrogens is 4. The Hall–Kier alpha value is -2.25. The van der Waals surface area contributed by atoms with Crippen molar-refractivity contribution in [3.05, 3.63) is 54.6 Å². The highest BCUT2D eigenvalue weighted by Gasteiger charge is 2.11. The molecule has 0 bridgehead atoms. The minimum Gasteiger partial charge on any atom is -0.207 e. The Kier molecular flexibility index (Phi) is 3.44. The van der Waals surface area contributed by atoms with Crippen LogP contribution in [0.3, 0.4) is 0 Å². The second-order valence-electron chi connectivity index (χ2n) is 4.20. The van der Waals surface area contributed by atoms with Crippen molar-refractivity contribution in [3.8, 4) is 17.1 Å². The number of para-hydroxylation sites is 1. The summed E-state index contributed by atoms with van der Waals surface area (Å²) in [4.78, 5) is 1.44. The molecule has 0 aliphatic carbocycles. The lowest BCUT2D eigenvalue weighted by Gasteiger charge is -1.98. The van der Waals surface area contributed by atoms with Crippen LogP contribution in [0.15, 0.2) is 59.5 Å². The lowest BCUT2D eigenvalue weighted by molar-refractivity contribution is 0.609. The summed E-state index contributed by atoms with van der Waals surface area (Å²) in [5.41, 5.74) is 1.44. The van der Waals surface area contributed by atoms with E-state index in [0.29, 0.717) is 11.4 Å². The van der Waals surface area contributed by atoms with Gasteiger partial charge < -0.3 is 0 Å². The van der Waals surface area contributed by atoms with Gasteiger partial charge in [0.1, 0.15) is 0 Å². The van der Waals surface area contributed by atoms with Crippen LogP contribution in [0, 0.1) is 0 Å². The van der Waals surface area contributed by atoms with E-state index >= 15 is 0 Å². The third kappa shape index (κ3) is 2.93. The number of benzene rings is 2. The summed E-state index contributed by atoms with van der Waals surface area (Å²) in [6.07, 6.45) is 0. The van der Waals surface area contributed by atoms with E-state index in [1.807, 2.05) is 30.3 Å². The molecule has 6 nitrogen and oxygen atoms in total. The Morgan fingerprint density at radius 1 is 0.952 bits per heavy atom. The lowest BCUT2D eigenvalue weighted by Crippen LogP contribution is -1.98. The molecule has 0 atom stereocenters. The Labute approximate surface area is 125 Å². The molecule has 0 amide bonds. The van der Waals surface area contributed by atoms with E-state index in [1.165, 1.54) is 16.9 Å². The van der Waals surface area contributed by atoms with Gasteiger partial charge in [0.15, 0.2) is 0 Å². The van der Waals surface area contributed by atoms with Gasteiger partial charge in [0.05, 0.1) is 10.6 Å². The number of rotatable bonds is 3. The van der Waals surface area contributed by atoms with E-state index in [4.69, 9.17) is 10.7 Å². The molecule has 1 aromatic heterocycles. The number of tetrazole rings is 1. The number of nitrogens with zero attached hydrogens (tertiary/aromatic N) is 4. The number of hydrogen-bond acceptors (Lipinski definition) is 5. The van der Waals surface area contributed by atoms with Crippen molar-refractivity contribution >= 4 is 19.7 Å². The van der Waals surface area contributed by atoms with Gasteiger partial charge in [-0.15, -0.1) is 15.0 Å². The lowest BCUT2D eigenvalue weighted by atomic mass is 10.2. The smallest absolute Gasteiger partial charge is 0.207 e. The fourth-order valence-electron chi connectivity index (χ4n) is 1.77. The largest absolute Gasteiger partial charge is 0.261 e. The van der Waals surface area contributed by atoms with Gasteiger partial charge in [0.25, 0.3) is 9.05 Å². The summed E-state index contributed by atoms with van der Waals surface area (Å²) >= 11 is 0. The van der Waals surface area contributed by atoms with E-state index < -0.39 is 9.05 Å². The van der Waals surface area contributed by atoms with Gasteiger partial charge in [-0.1, -0.05) is 18.2 Å². The first kappa shape index (κ1) is 13.7. The highest BCUT2D eigenvalue weighted by Crippen LogP contribution is 2.20. The summed E-state index contributed by atoms with van der Waals surface area (Å²) in [7, 11) is 1.54. The third-order valence-electron chi connectivity index (χ3n) is 2.79. The normalized spacial score (nSPS) is 11.5. The van der Waals surface area contributed by atoms with Gasteiger partial charge in [-0.05, 0) is 41.6 Å². The summed E-state index contributed by atoms with van der Waals surface area (Å²) in [6.45, 7) is 0. The van der Waals surface area contributed by atoms with Crippen LogP contribution in [0.1, 0.15) is 0 Å². The van der Waals surface area contributed by atoms with Crippen molar-refractivity contribution in [2.45, 2.75) is 4.90 Å². The van der Waals surface area contributed by atoms with E-state index in [2.05, 4.69) is 15.4 Å². The topological polar surface area (TPSA) is 77.7 Å². The Morgan fingerprint density at radius 2 is 1.62 bits per heavy atom. The molecule has 0 spiro atoms. The molecule has 0 saturated carbocycles. The van der Waals surface area contributed by atoms with Crippen molar-refractivity contribution in [1.82, 2.24) is 20.2 Å². The first-order valence-corrected chi connectivity index (χ1v) is 8.25. The molecule has 2 aromatic carbocycles. The van der Waals surface area contributed by atoms with E-state index in [1.54, 1.807) is 12.1 Å². The van der Waals surface area contributed by atoms with Crippen molar-refractivity contribution < 1.29 is 8.42 Å². The molecule has 106 valence electrons. The Morgan fingerprint density at radius 3 is 2.24 bits per heavy atom. The fraction of sp³-hybridized carbons (Fsp3) is 0. The summed E-state index contributed by atoms with van der Waals surface area (Å²) in [5, 5.41) is 12.2. The average molecular weight is 321 g/mol. The molecule has 1 heterocycles. The van der Waals surface area contributed by atoms with Crippen LogP contribution in [0.5, 0.6) is 0 Å². The molecule has 0 N–H and O–H groups in total. The van der Waals surface area contributed by atoms with Crippen LogP contribution < -0.4 is 0 Å². The van der Waals surface area contributed by atoms with Crippen molar-refractivity contribution in [2.75, 3.05) is 0 Å². The van der Waals surface area contributed by atoms with E-state index in [9.17, 15) is 8.42 Å². The predicted molar refractivity (Wildman–Crippen MR) is 77.6 cm³/mol. The Balaban J connectivity index is 1.94. The maximum absolute atomic E-state index is 11.2. The van der Waals surface area contributed by atoms with E-state index in [-0.39, 0.29) is 4.90 Å². The zero-order valence-corrected chi connectivity index (χ0v) is 12.2. The van der Waals surface area contributed by atoms with Crippen LogP contribution in [0.4, 0.5) is 0 Å². The zero-order valence-electron chi connectivity index (χ0n) is 10.6. The first-order chi connectivity index (χ1) is 10.0. The molecular weight excluding hydrogens is 312 g/mol. The standard InChI is InChI=1S/C13H9ClN4O2S/c14-21(19,20)12-8-6-10(7-9-12)13-15-17-18(16-13)11-4-2-1-3-5-11/h1-9H. The molecular formula is C13H9ClN4O2S. The van der Waals surface area contributed by atoms with Crippen LogP contribution in [-0.4, -0.2) is 28.6 Å². The molecule has 0 unspecified atom stereocenters. The molecule has 8 heteroatoms. The number of halogens is 1. The van der Waals surface area contributed by atoms with E-state index in [0.717, 1.165) is 5.69 Å². The highest BCUT2D eigenvalue weighted by molar-refractivity contribution is 8.13. The molecule has 0 radical (unpaired) electrons. The zero-order chi connectivity index (χ0) is 14.9. The van der Waals surface area contributed by atoms with Crippen molar-refractivity contribution in [3.63, 3.8) is 0 Å². The van der Waals surface area contributed by atoms with Crippen molar-refractivity contribution in [1.29, 1.82) is 0 Å². The van der Waals surface area contributed by atoms with Gasteiger partial charge in [0.2, 0.25) is 5.82 Å². The molecule has 0 aliphatic rings. The highest BCUT2D eigenvalue weighted by atomic mass is 35.7. The van der Waals surface area contributed by atoms with Gasteiger partial charge in [-0.3, -0.25) is 0 Å². The molecule has 3 aromatic rings. The second-order valence-corrected chi connectivity index (χ2v) is 6.77. The predicted octanol–water partition coefficient (Wildman–Crippen LogP) is 2.26. The second kappa shape index (κ2) is 5.27. The Bertz CT molecular complexity index is 861. The third-order valence-corrected chi connectivity index (χ3v) is 4.16. The fourth-order valence-corrected chi connectivity index (χ4v) is 2.54. The monoisotopic (exact) mass is 320 g/mol. The average Bonchev–Trinajstić information content (AvgIpc) is 2.97. The summed E-state index contributed by atoms with van der Waals surface area (Å²) < 4.78 is 22.4. The van der Waals surface area contributed by atoms with Crippen molar-refractivity contribution in [2.24, 2.45) is 0 Å². The quantitative estimate of drug-likeness (QED) is 0.692. The molecule has 0 saturated heterocycles. The van der Waals surface area contributed by atoms with Gasteiger partial charge >= 0.3 is 0 Å². The van der Waals surface area contributed by atoms with Gasteiger partial charge in [-0.25, -0.2) is 8.42 Å². The first-order valence-electron chi connectivity index (χ1n) is 5.94. The van der Waals surface area contributed by atoms with Crippen LogP contribution >= 0.6 is 10.7 Å². The SMILES string of the molecule is O=S(=O)(Cl)c1ccc(-c2nnn(-c3ccccc3)n2)cc1. The maximum Gasteiger partial charge on any atom is 0.261 e. The summed E-state index contributed by atoms with van der Waals surface area (Å²) in [6, 6.07) is 15.3. The summed E-state index contributed by atoms with van der Waals surface area (Å²) in [5.74, 6) is 0.400. The van der Waals surface area contributed by atoms with Gasteiger partial charge in [-0.2, -0.15) is 0 Å². The van der Waals surface area contributed by atoms with Crippen LogP contribution in [-0.2, 0) is 9.05 Å². The number of hydrogen-bond donors (Lipinski definition) is 0. The van der Waals surface area contributed by atoms with Crippen LogP contribution in [0.2, 0.25) is 0 Å². The van der Waals surface area contributed by atoms with Crippen LogP contribution in [0.25, 0.3) is 17.1 Å². The van der Waals surface area contributed by atoms with Gasteiger partial charge in [0, 0.05) is 16.2 Å². The maximum atomic E-state index is 11.2. The molecule has 0 fully saturated rings. The molecule has 3 rings (SSSR count). The minimum atomic E-state index is -3.73. The molecule has 0 aliphatic heterocycles.